The summed E-state index contributed by atoms with van der Waals surface area (Å²) in [5.74, 6) is 0.313. The normalized spacial score (nSPS) is 12.8. The van der Waals surface area contributed by atoms with Crippen molar-refractivity contribution >= 4 is 22.8 Å². The number of rotatable bonds is 12. The molecular formula is C28H35N5O3S. The van der Waals surface area contributed by atoms with Crippen LogP contribution in [0.2, 0.25) is 0 Å². The summed E-state index contributed by atoms with van der Waals surface area (Å²) in [5.41, 5.74) is 2.24. The van der Waals surface area contributed by atoms with Crippen LogP contribution in [0.3, 0.4) is 0 Å². The van der Waals surface area contributed by atoms with Gasteiger partial charge in [-0.05, 0) is 63.9 Å². The summed E-state index contributed by atoms with van der Waals surface area (Å²) in [4.78, 5) is 26.2. The zero-order valence-electron chi connectivity index (χ0n) is 22.1. The Kier molecular flexibility index (Phi) is 8.36. The van der Waals surface area contributed by atoms with E-state index < -0.39 is 5.60 Å². The van der Waals surface area contributed by atoms with Crippen molar-refractivity contribution in [3.05, 3.63) is 53.7 Å². The van der Waals surface area contributed by atoms with Crippen molar-refractivity contribution in [2.75, 3.05) is 19.7 Å². The standard InChI is InChI=1S/C28H35N5O3S/c1-6-32(7-2)19(3)10-11-24(34)20-15-23(30-26(16-20)36-18-28(4,5)35)21-17-29-33-13-12-22(31-27(21)33)25-9-8-14-37-25/h8-9,12-17,19,35H,6-7,10-11,18H2,1-5H3/t19-/m0/s1. The van der Waals surface area contributed by atoms with Crippen molar-refractivity contribution in [2.24, 2.45) is 0 Å². The second-order valence-electron chi connectivity index (χ2n) is 9.83. The average molecular weight is 522 g/mol. The summed E-state index contributed by atoms with van der Waals surface area (Å²) in [6.07, 6.45) is 4.76. The SMILES string of the molecule is CCN(CC)[C@@H](C)CCC(=O)c1cc(OCC(C)(C)O)nc(-c2cnn3ccc(-c4cccs4)nc23)c1. The van der Waals surface area contributed by atoms with Crippen LogP contribution in [0, 0.1) is 0 Å². The van der Waals surface area contributed by atoms with Gasteiger partial charge in [-0.25, -0.2) is 14.5 Å². The first-order valence-corrected chi connectivity index (χ1v) is 13.6. The number of pyridine rings is 1. The van der Waals surface area contributed by atoms with E-state index >= 15 is 0 Å². The maximum Gasteiger partial charge on any atom is 0.214 e. The van der Waals surface area contributed by atoms with Crippen molar-refractivity contribution in [1.82, 2.24) is 24.5 Å². The van der Waals surface area contributed by atoms with Crippen LogP contribution in [-0.4, -0.2) is 66.7 Å². The molecule has 196 valence electrons. The third kappa shape index (κ3) is 6.60. The minimum atomic E-state index is -1.04. The minimum Gasteiger partial charge on any atom is -0.475 e. The maximum atomic E-state index is 13.3. The molecule has 0 fully saturated rings. The fourth-order valence-electron chi connectivity index (χ4n) is 4.25. The molecule has 1 atom stereocenters. The number of Topliss-reactive ketones (excluding diaryl/α,β-unsaturated/α-hetero) is 1. The summed E-state index contributed by atoms with van der Waals surface area (Å²) in [7, 11) is 0. The lowest BCUT2D eigenvalue weighted by Gasteiger charge is -2.26. The third-order valence-corrected chi connectivity index (χ3v) is 7.23. The fraction of sp³-hybridized carbons (Fsp3) is 0.429. The van der Waals surface area contributed by atoms with Crippen molar-refractivity contribution in [2.45, 2.75) is 59.1 Å². The summed E-state index contributed by atoms with van der Waals surface area (Å²) in [6.45, 7) is 11.7. The highest BCUT2D eigenvalue weighted by molar-refractivity contribution is 7.13. The van der Waals surface area contributed by atoms with E-state index in [1.165, 1.54) is 0 Å². The lowest BCUT2D eigenvalue weighted by molar-refractivity contribution is 0.0268. The van der Waals surface area contributed by atoms with E-state index in [0.717, 1.165) is 30.1 Å². The van der Waals surface area contributed by atoms with E-state index in [1.807, 2.05) is 29.8 Å². The van der Waals surface area contributed by atoms with Gasteiger partial charge in [0.1, 0.15) is 6.61 Å². The molecule has 9 heteroatoms. The van der Waals surface area contributed by atoms with Crippen LogP contribution < -0.4 is 4.74 Å². The van der Waals surface area contributed by atoms with Crippen LogP contribution in [0.1, 0.15) is 57.8 Å². The highest BCUT2D eigenvalue weighted by Crippen LogP contribution is 2.29. The molecule has 0 saturated carbocycles. The van der Waals surface area contributed by atoms with E-state index in [2.05, 4.69) is 35.8 Å². The van der Waals surface area contributed by atoms with Gasteiger partial charge in [0.2, 0.25) is 5.88 Å². The lowest BCUT2D eigenvalue weighted by atomic mass is 10.0. The molecule has 0 amide bonds. The fourth-order valence-corrected chi connectivity index (χ4v) is 4.95. The quantitative estimate of drug-likeness (QED) is 0.251. The van der Waals surface area contributed by atoms with Gasteiger partial charge in [0.05, 0.1) is 33.6 Å². The molecule has 1 N–H and O–H groups in total. The smallest absolute Gasteiger partial charge is 0.214 e. The zero-order valence-corrected chi connectivity index (χ0v) is 23.0. The molecule has 0 unspecified atom stereocenters. The number of ether oxygens (including phenoxy) is 1. The second-order valence-corrected chi connectivity index (χ2v) is 10.8. The monoisotopic (exact) mass is 521 g/mol. The molecule has 0 bridgehead atoms. The van der Waals surface area contributed by atoms with E-state index in [-0.39, 0.29) is 18.3 Å². The van der Waals surface area contributed by atoms with Crippen molar-refractivity contribution in [3.8, 4) is 27.7 Å². The van der Waals surface area contributed by atoms with Gasteiger partial charge in [0, 0.05) is 30.3 Å². The van der Waals surface area contributed by atoms with Gasteiger partial charge < -0.3 is 14.7 Å². The molecule has 0 spiro atoms. The van der Waals surface area contributed by atoms with Crippen LogP contribution in [0.4, 0.5) is 0 Å². The first kappa shape index (κ1) is 26.9. The Balaban J connectivity index is 1.69. The molecular weight excluding hydrogens is 486 g/mol. The molecule has 0 aliphatic carbocycles. The Morgan fingerprint density at radius 1 is 1.19 bits per heavy atom. The number of aliphatic hydroxyl groups is 1. The Hall–Kier alpha value is -3.14. The molecule has 0 aliphatic rings. The largest absolute Gasteiger partial charge is 0.475 e. The predicted molar refractivity (Wildman–Crippen MR) is 147 cm³/mol. The van der Waals surface area contributed by atoms with Crippen molar-refractivity contribution in [3.63, 3.8) is 0 Å². The molecule has 4 rings (SSSR count). The molecule has 0 saturated heterocycles. The number of carbonyl (C=O) groups excluding carboxylic acids is 1. The van der Waals surface area contributed by atoms with Gasteiger partial charge >= 0.3 is 0 Å². The van der Waals surface area contributed by atoms with E-state index in [0.29, 0.717) is 34.9 Å². The Bertz CT molecular complexity index is 1340. The van der Waals surface area contributed by atoms with Gasteiger partial charge in [-0.3, -0.25) is 4.79 Å². The summed E-state index contributed by atoms with van der Waals surface area (Å²) >= 11 is 1.62. The number of hydrogen-bond donors (Lipinski definition) is 1. The molecule has 4 aromatic heterocycles. The third-order valence-electron chi connectivity index (χ3n) is 6.34. The molecule has 0 aliphatic heterocycles. The van der Waals surface area contributed by atoms with Crippen LogP contribution in [0.15, 0.2) is 48.1 Å². The molecule has 0 radical (unpaired) electrons. The number of hydrogen-bond acceptors (Lipinski definition) is 8. The van der Waals surface area contributed by atoms with Crippen LogP contribution >= 0.6 is 11.3 Å². The lowest BCUT2D eigenvalue weighted by Crippen LogP contribution is -2.33. The van der Waals surface area contributed by atoms with Gasteiger partial charge in [-0.15, -0.1) is 11.3 Å². The number of carbonyl (C=O) groups is 1. The number of ketones is 1. The van der Waals surface area contributed by atoms with Crippen molar-refractivity contribution in [1.29, 1.82) is 0 Å². The number of thiophene rings is 1. The minimum absolute atomic E-state index is 0.0273. The Morgan fingerprint density at radius 2 is 1.97 bits per heavy atom. The highest BCUT2D eigenvalue weighted by atomic mass is 32.1. The summed E-state index contributed by atoms with van der Waals surface area (Å²) in [6, 6.07) is 9.71. The van der Waals surface area contributed by atoms with Gasteiger partial charge in [-0.2, -0.15) is 5.10 Å². The number of nitrogens with zero attached hydrogens (tertiary/aromatic N) is 5. The average Bonchev–Trinajstić information content (AvgIpc) is 3.56. The van der Waals surface area contributed by atoms with Crippen molar-refractivity contribution < 1.29 is 14.6 Å². The second kappa shape index (κ2) is 11.5. The first-order chi connectivity index (χ1) is 17.7. The van der Waals surface area contributed by atoms with E-state index in [4.69, 9.17) is 9.72 Å². The summed E-state index contributed by atoms with van der Waals surface area (Å²) in [5, 5.41) is 16.6. The zero-order chi connectivity index (χ0) is 26.6. The molecule has 0 aromatic carbocycles. The highest BCUT2D eigenvalue weighted by Gasteiger charge is 2.20. The van der Waals surface area contributed by atoms with Crippen LogP contribution in [-0.2, 0) is 0 Å². The van der Waals surface area contributed by atoms with Crippen LogP contribution in [0.5, 0.6) is 5.88 Å². The van der Waals surface area contributed by atoms with Gasteiger partial charge in [-0.1, -0.05) is 19.9 Å². The van der Waals surface area contributed by atoms with Crippen LogP contribution in [0.25, 0.3) is 27.5 Å². The predicted octanol–water partition coefficient (Wildman–Crippen LogP) is 5.36. The maximum absolute atomic E-state index is 13.3. The molecule has 8 nitrogen and oxygen atoms in total. The van der Waals surface area contributed by atoms with Gasteiger partial charge in [0.25, 0.3) is 0 Å². The molecule has 4 aromatic rings. The number of fused-ring (bicyclic) bond motifs is 1. The molecule has 37 heavy (non-hydrogen) atoms. The molecule has 4 heterocycles. The van der Waals surface area contributed by atoms with E-state index in [9.17, 15) is 9.90 Å². The van der Waals surface area contributed by atoms with Gasteiger partial charge in [0.15, 0.2) is 11.4 Å². The number of aromatic nitrogens is 4. The summed E-state index contributed by atoms with van der Waals surface area (Å²) < 4.78 is 7.53. The Labute approximate surface area is 222 Å². The van der Waals surface area contributed by atoms with E-state index in [1.54, 1.807) is 48.0 Å². The topological polar surface area (TPSA) is 92.9 Å². The Morgan fingerprint density at radius 3 is 2.65 bits per heavy atom. The first-order valence-electron chi connectivity index (χ1n) is 12.7.